The molecule has 2 heteroatoms. The summed E-state index contributed by atoms with van der Waals surface area (Å²) in [4.78, 5) is 0. The molecule has 0 fully saturated rings. The Kier molecular flexibility index (Phi) is 3.30. The average molecular weight is 242 g/mol. The first-order valence-corrected chi connectivity index (χ1v) is 5.75. The van der Waals surface area contributed by atoms with E-state index >= 15 is 0 Å². The van der Waals surface area contributed by atoms with E-state index < -0.39 is 5.60 Å². The molecular formula is C16H15FO. The summed E-state index contributed by atoms with van der Waals surface area (Å²) in [5.41, 5.74) is 1.68. The minimum atomic E-state index is -1.03. The summed E-state index contributed by atoms with van der Waals surface area (Å²) in [5, 5.41) is 10.0. The average Bonchev–Trinajstić information content (AvgIpc) is 2.40. The predicted octanol–water partition coefficient (Wildman–Crippen LogP) is 3.89. The van der Waals surface area contributed by atoms with Crippen molar-refractivity contribution >= 4 is 0 Å². The first-order chi connectivity index (χ1) is 8.53. The van der Waals surface area contributed by atoms with Crippen LogP contribution in [0, 0.1) is 5.82 Å². The van der Waals surface area contributed by atoms with E-state index in [1.165, 1.54) is 18.2 Å². The Hall–Kier alpha value is -1.93. The maximum absolute atomic E-state index is 12.8. The molecule has 0 radical (unpaired) electrons. The lowest BCUT2D eigenvalue weighted by atomic mass is 9.94. The zero-order valence-corrected chi connectivity index (χ0v) is 10.2. The highest BCUT2D eigenvalue weighted by Crippen LogP contribution is 2.25. The molecule has 0 amide bonds. The third-order valence-electron chi connectivity index (χ3n) is 3.04. The van der Waals surface area contributed by atoms with Gasteiger partial charge in [0.2, 0.25) is 0 Å². The summed E-state index contributed by atoms with van der Waals surface area (Å²) in [6, 6.07) is 13.8. The van der Waals surface area contributed by atoms with Crippen molar-refractivity contribution in [2.75, 3.05) is 0 Å². The van der Waals surface area contributed by atoms with Crippen LogP contribution >= 0.6 is 0 Å². The Labute approximate surface area is 106 Å². The molecule has 2 rings (SSSR count). The summed E-state index contributed by atoms with van der Waals surface area (Å²) in [5.74, 6) is -0.245. The van der Waals surface area contributed by atoms with Gasteiger partial charge in [0.25, 0.3) is 0 Å². The molecule has 0 aliphatic rings. The minimum Gasteiger partial charge on any atom is -0.381 e. The topological polar surface area (TPSA) is 20.2 Å². The van der Waals surface area contributed by atoms with Gasteiger partial charge in [0.05, 0.1) is 0 Å². The van der Waals surface area contributed by atoms with Gasteiger partial charge in [-0.3, -0.25) is 0 Å². The van der Waals surface area contributed by atoms with Gasteiger partial charge in [-0.1, -0.05) is 49.1 Å². The third kappa shape index (κ3) is 2.49. The van der Waals surface area contributed by atoms with E-state index in [-0.39, 0.29) is 5.82 Å². The van der Waals surface area contributed by atoms with Crippen molar-refractivity contribution in [1.82, 2.24) is 0 Å². The van der Waals surface area contributed by atoms with E-state index in [0.717, 1.165) is 16.7 Å². The van der Waals surface area contributed by atoms with Gasteiger partial charge in [-0.05, 0) is 35.7 Å². The smallest absolute Gasteiger partial charge is 0.123 e. The van der Waals surface area contributed by atoms with Crippen molar-refractivity contribution in [1.29, 1.82) is 0 Å². The van der Waals surface area contributed by atoms with Crippen LogP contribution in [-0.2, 0) is 5.60 Å². The van der Waals surface area contributed by atoms with Gasteiger partial charge in [-0.25, -0.2) is 4.39 Å². The fraction of sp³-hybridized carbons (Fsp3) is 0.125. The molecule has 1 nitrogen and oxygen atoms in total. The summed E-state index contributed by atoms with van der Waals surface area (Å²) >= 11 is 0. The first kappa shape index (κ1) is 12.5. The molecule has 2 aromatic rings. The number of hydrogen-bond acceptors (Lipinski definition) is 1. The van der Waals surface area contributed by atoms with E-state index in [0.29, 0.717) is 0 Å². The summed E-state index contributed by atoms with van der Waals surface area (Å²) in [6.07, 6.45) is 1.50. The largest absolute Gasteiger partial charge is 0.381 e. The Morgan fingerprint density at radius 2 is 1.44 bits per heavy atom. The predicted molar refractivity (Wildman–Crippen MR) is 71.6 cm³/mol. The summed E-state index contributed by atoms with van der Waals surface area (Å²) in [6.45, 7) is 5.29. The molecule has 0 aromatic heterocycles. The van der Waals surface area contributed by atoms with Crippen LogP contribution in [0.4, 0.5) is 4.39 Å². The van der Waals surface area contributed by atoms with Crippen LogP contribution in [0.15, 0.2) is 61.2 Å². The van der Waals surface area contributed by atoms with Crippen molar-refractivity contribution in [2.24, 2.45) is 0 Å². The summed E-state index contributed by atoms with van der Waals surface area (Å²) in [7, 11) is 0. The van der Waals surface area contributed by atoms with Crippen LogP contribution in [-0.4, -0.2) is 5.11 Å². The minimum absolute atomic E-state index is 0.245. The Morgan fingerprint density at radius 3 is 1.89 bits per heavy atom. The zero-order valence-electron chi connectivity index (χ0n) is 10.2. The van der Waals surface area contributed by atoms with E-state index in [2.05, 4.69) is 6.58 Å². The maximum Gasteiger partial charge on any atom is 0.123 e. The number of hydrogen-bond donors (Lipinski definition) is 1. The SMILES string of the molecule is C=CC(C)(O)c1ccc(-c2ccc(F)cc2)cc1. The van der Waals surface area contributed by atoms with Gasteiger partial charge < -0.3 is 5.11 Å². The highest BCUT2D eigenvalue weighted by Gasteiger charge is 2.17. The van der Waals surface area contributed by atoms with E-state index in [1.54, 1.807) is 19.1 Å². The molecule has 0 aliphatic heterocycles. The van der Waals surface area contributed by atoms with Crippen molar-refractivity contribution in [3.05, 3.63) is 72.6 Å². The summed E-state index contributed by atoms with van der Waals surface area (Å²) < 4.78 is 12.8. The van der Waals surface area contributed by atoms with Crippen molar-refractivity contribution < 1.29 is 9.50 Å². The molecule has 1 atom stereocenters. The Morgan fingerprint density at radius 1 is 1.00 bits per heavy atom. The van der Waals surface area contributed by atoms with E-state index in [1.807, 2.05) is 24.3 Å². The van der Waals surface area contributed by atoms with Crippen molar-refractivity contribution in [3.8, 4) is 11.1 Å². The fourth-order valence-electron chi connectivity index (χ4n) is 1.76. The zero-order chi connectivity index (χ0) is 13.2. The lowest BCUT2D eigenvalue weighted by Crippen LogP contribution is -2.16. The molecule has 0 heterocycles. The van der Waals surface area contributed by atoms with E-state index in [4.69, 9.17) is 0 Å². The maximum atomic E-state index is 12.8. The van der Waals surface area contributed by atoms with Crippen LogP contribution in [0.25, 0.3) is 11.1 Å². The fourth-order valence-corrected chi connectivity index (χ4v) is 1.76. The quantitative estimate of drug-likeness (QED) is 0.810. The van der Waals surface area contributed by atoms with Crippen LogP contribution < -0.4 is 0 Å². The second-order valence-electron chi connectivity index (χ2n) is 4.44. The van der Waals surface area contributed by atoms with Crippen LogP contribution in [0.5, 0.6) is 0 Å². The first-order valence-electron chi connectivity index (χ1n) is 5.75. The molecule has 18 heavy (non-hydrogen) atoms. The lowest BCUT2D eigenvalue weighted by Gasteiger charge is -2.19. The molecule has 0 saturated carbocycles. The number of halogens is 1. The second-order valence-corrected chi connectivity index (χ2v) is 4.44. The van der Waals surface area contributed by atoms with Gasteiger partial charge in [0.15, 0.2) is 0 Å². The van der Waals surface area contributed by atoms with Gasteiger partial charge >= 0.3 is 0 Å². The van der Waals surface area contributed by atoms with Gasteiger partial charge in [-0.2, -0.15) is 0 Å². The Bertz CT molecular complexity index is 538. The van der Waals surface area contributed by atoms with E-state index in [9.17, 15) is 9.50 Å². The van der Waals surface area contributed by atoms with Gasteiger partial charge in [-0.15, -0.1) is 0 Å². The molecule has 0 aliphatic carbocycles. The molecule has 92 valence electrons. The van der Waals surface area contributed by atoms with Gasteiger partial charge in [0.1, 0.15) is 11.4 Å². The van der Waals surface area contributed by atoms with Crippen LogP contribution in [0.3, 0.4) is 0 Å². The monoisotopic (exact) mass is 242 g/mol. The molecule has 0 saturated heterocycles. The number of benzene rings is 2. The van der Waals surface area contributed by atoms with Crippen LogP contribution in [0.2, 0.25) is 0 Å². The molecule has 2 aromatic carbocycles. The Balaban J connectivity index is 2.33. The second kappa shape index (κ2) is 4.75. The lowest BCUT2D eigenvalue weighted by molar-refractivity contribution is 0.111. The highest BCUT2D eigenvalue weighted by molar-refractivity contribution is 5.63. The molecule has 0 bridgehead atoms. The molecule has 1 N–H and O–H groups in total. The normalized spacial score (nSPS) is 13.9. The van der Waals surface area contributed by atoms with Crippen LogP contribution in [0.1, 0.15) is 12.5 Å². The molecule has 0 spiro atoms. The third-order valence-corrected chi connectivity index (χ3v) is 3.04. The van der Waals surface area contributed by atoms with Crippen molar-refractivity contribution in [2.45, 2.75) is 12.5 Å². The number of rotatable bonds is 3. The molecular weight excluding hydrogens is 227 g/mol. The standard InChI is InChI=1S/C16H15FO/c1-3-16(2,18)14-8-4-12(5-9-14)13-6-10-15(17)11-7-13/h3-11,18H,1H2,2H3. The van der Waals surface area contributed by atoms with Gasteiger partial charge in [0, 0.05) is 0 Å². The molecule has 1 unspecified atom stereocenters. The number of aliphatic hydroxyl groups is 1. The van der Waals surface area contributed by atoms with Crippen molar-refractivity contribution in [3.63, 3.8) is 0 Å². The highest BCUT2D eigenvalue weighted by atomic mass is 19.1.